The Morgan fingerprint density at radius 3 is 2.33 bits per heavy atom. The van der Waals surface area contributed by atoms with Gasteiger partial charge >= 0.3 is 0 Å². The Hall–Kier alpha value is -2.98. The Morgan fingerprint density at radius 1 is 1.08 bits per heavy atom. The molecular formula is C26H33FN4O4S. The maximum atomic E-state index is 13.8. The molecule has 1 N–H and O–H groups in total. The maximum absolute atomic E-state index is 13.8. The lowest BCUT2D eigenvalue weighted by atomic mass is 9.86. The minimum absolute atomic E-state index is 0.0251. The lowest BCUT2D eigenvalue weighted by molar-refractivity contribution is -0.137. The Balaban J connectivity index is 1.54. The van der Waals surface area contributed by atoms with Crippen LogP contribution in [0.2, 0.25) is 0 Å². The van der Waals surface area contributed by atoms with E-state index in [1.807, 2.05) is 35.2 Å². The van der Waals surface area contributed by atoms with Gasteiger partial charge in [-0.1, -0.05) is 38.5 Å². The Bertz CT molecular complexity index is 1180. The van der Waals surface area contributed by atoms with Crippen molar-refractivity contribution >= 4 is 27.5 Å². The summed E-state index contributed by atoms with van der Waals surface area (Å²) < 4.78 is 40.9. The molecule has 4 rings (SSSR count). The van der Waals surface area contributed by atoms with Crippen LogP contribution < -0.4 is 10.2 Å². The van der Waals surface area contributed by atoms with Crippen LogP contribution in [0.3, 0.4) is 0 Å². The van der Waals surface area contributed by atoms with E-state index >= 15 is 0 Å². The molecule has 0 aromatic heterocycles. The van der Waals surface area contributed by atoms with Gasteiger partial charge in [0.2, 0.25) is 21.8 Å². The van der Waals surface area contributed by atoms with Crippen LogP contribution in [0, 0.1) is 11.7 Å². The molecule has 2 amide bonds. The van der Waals surface area contributed by atoms with E-state index < -0.39 is 21.4 Å². The molecule has 2 aliphatic heterocycles. The summed E-state index contributed by atoms with van der Waals surface area (Å²) >= 11 is 0. The van der Waals surface area contributed by atoms with Crippen molar-refractivity contribution in [3.05, 3.63) is 60.4 Å². The van der Waals surface area contributed by atoms with Gasteiger partial charge in [0.15, 0.2) is 0 Å². The van der Waals surface area contributed by atoms with Crippen molar-refractivity contribution in [2.75, 3.05) is 37.7 Å². The van der Waals surface area contributed by atoms with Gasteiger partial charge in [-0.2, -0.15) is 4.31 Å². The normalized spacial score (nSPS) is 19.0. The van der Waals surface area contributed by atoms with Gasteiger partial charge in [-0.05, 0) is 55.2 Å². The Labute approximate surface area is 212 Å². The first-order chi connectivity index (χ1) is 17.2. The number of benzene rings is 2. The predicted molar refractivity (Wildman–Crippen MR) is 135 cm³/mol. The highest BCUT2D eigenvalue weighted by molar-refractivity contribution is 7.89. The van der Waals surface area contributed by atoms with Crippen LogP contribution in [0.5, 0.6) is 0 Å². The fourth-order valence-corrected chi connectivity index (χ4v) is 6.28. The Kier molecular flexibility index (Phi) is 7.65. The van der Waals surface area contributed by atoms with E-state index in [0.717, 1.165) is 24.2 Å². The number of hydrogen-bond acceptors (Lipinski definition) is 5. The fourth-order valence-electron chi connectivity index (χ4n) is 4.84. The molecule has 2 saturated heterocycles. The number of sulfonamides is 1. The molecule has 2 fully saturated rings. The van der Waals surface area contributed by atoms with Gasteiger partial charge in [0.05, 0.1) is 11.6 Å². The van der Waals surface area contributed by atoms with E-state index in [0.29, 0.717) is 12.5 Å². The van der Waals surface area contributed by atoms with Gasteiger partial charge in [-0.3, -0.25) is 9.59 Å². The molecule has 8 nitrogen and oxygen atoms in total. The van der Waals surface area contributed by atoms with Crippen molar-refractivity contribution in [2.45, 2.75) is 43.5 Å². The maximum Gasteiger partial charge on any atom is 0.250 e. The predicted octanol–water partition coefficient (Wildman–Crippen LogP) is 2.82. The van der Waals surface area contributed by atoms with Crippen molar-refractivity contribution < 1.29 is 22.4 Å². The zero-order valence-electron chi connectivity index (χ0n) is 20.7. The lowest BCUT2D eigenvalue weighted by Crippen LogP contribution is -2.57. The third-order valence-corrected chi connectivity index (χ3v) is 9.17. The zero-order chi connectivity index (χ0) is 25.9. The largest absolute Gasteiger partial charge is 0.354 e. The third-order valence-electron chi connectivity index (χ3n) is 7.26. The van der Waals surface area contributed by atoms with Crippen molar-refractivity contribution in [3.63, 3.8) is 0 Å². The number of carbonyl (C=O) groups excluding carboxylic acids is 2. The molecule has 1 unspecified atom stereocenters. The van der Waals surface area contributed by atoms with Crippen LogP contribution in [0.1, 0.15) is 33.1 Å². The molecule has 1 atom stereocenters. The van der Waals surface area contributed by atoms with Gasteiger partial charge in [-0.25, -0.2) is 12.8 Å². The van der Waals surface area contributed by atoms with Crippen molar-refractivity contribution in [1.82, 2.24) is 14.5 Å². The number of nitrogens with zero attached hydrogens (tertiary/aromatic N) is 3. The summed E-state index contributed by atoms with van der Waals surface area (Å²) in [6, 6.07) is 14.3. The summed E-state index contributed by atoms with van der Waals surface area (Å²) in [4.78, 5) is 29.9. The number of amides is 2. The van der Waals surface area contributed by atoms with Gasteiger partial charge in [0, 0.05) is 25.3 Å². The third kappa shape index (κ3) is 5.10. The first-order valence-electron chi connectivity index (χ1n) is 12.3. The molecule has 2 aromatic rings. The molecule has 2 aliphatic rings. The van der Waals surface area contributed by atoms with E-state index in [9.17, 15) is 22.4 Å². The number of para-hydroxylation sites is 1. The smallest absolute Gasteiger partial charge is 0.250 e. The standard InChI is InChI=1S/C26H33FN4O4S/c1-3-20(2)17-28-24(32)18-29-19-31(22-7-5-4-6-8-22)26(25(29)33)13-15-30(16-14-26)36(34,35)23-11-9-21(27)10-12-23/h4-12,20H,3,13-19H2,1-2H3,(H,28,32). The number of nitrogens with one attached hydrogen (secondary N) is 1. The minimum Gasteiger partial charge on any atom is -0.354 e. The van der Waals surface area contributed by atoms with Crippen LogP contribution in [0.25, 0.3) is 0 Å². The van der Waals surface area contributed by atoms with E-state index in [2.05, 4.69) is 19.2 Å². The topological polar surface area (TPSA) is 90.0 Å². The van der Waals surface area contributed by atoms with E-state index in [1.165, 1.54) is 16.4 Å². The van der Waals surface area contributed by atoms with Crippen LogP contribution >= 0.6 is 0 Å². The molecule has 2 aromatic carbocycles. The van der Waals surface area contributed by atoms with Crippen molar-refractivity contribution in [2.24, 2.45) is 5.92 Å². The molecule has 0 saturated carbocycles. The second kappa shape index (κ2) is 10.6. The highest BCUT2D eigenvalue weighted by Crippen LogP contribution is 2.40. The van der Waals surface area contributed by atoms with E-state index in [1.54, 1.807) is 4.90 Å². The number of piperidine rings is 1. The van der Waals surface area contributed by atoms with Gasteiger partial charge in [0.1, 0.15) is 17.9 Å². The second-order valence-electron chi connectivity index (χ2n) is 9.62. The lowest BCUT2D eigenvalue weighted by Gasteiger charge is -2.42. The quantitative estimate of drug-likeness (QED) is 0.583. The van der Waals surface area contributed by atoms with Crippen LogP contribution in [0.15, 0.2) is 59.5 Å². The molecule has 0 radical (unpaired) electrons. The van der Waals surface area contributed by atoms with E-state index in [4.69, 9.17) is 0 Å². The summed E-state index contributed by atoms with van der Waals surface area (Å²) in [5.74, 6) is -0.522. The first-order valence-corrected chi connectivity index (χ1v) is 13.8. The van der Waals surface area contributed by atoms with E-state index in [-0.39, 0.29) is 55.9 Å². The molecule has 0 aliphatic carbocycles. The number of carbonyl (C=O) groups is 2. The summed E-state index contributed by atoms with van der Waals surface area (Å²) in [7, 11) is -3.82. The molecule has 194 valence electrons. The SMILES string of the molecule is CCC(C)CNC(=O)CN1CN(c2ccccc2)C2(CCN(S(=O)(=O)c3ccc(F)cc3)CC2)C1=O. The summed E-state index contributed by atoms with van der Waals surface area (Å²) in [5, 5.41) is 2.91. The highest BCUT2D eigenvalue weighted by atomic mass is 32.2. The van der Waals surface area contributed by atoms with Gasteiger partial charge < -0.3 is 15.1 Å². The summed E-state index contributed by atoms with van der Waals surface area (Å²) in [6.45, 7) is 5.17. The number of rotatable bonds is 8. The molecule has 1 spiro atoms. The molecule has 0 bridgehead atoms. The van der Waals surface area contributed by atoms with Crippen LogP contribution in [-0.2, 0) is 19.6 Å². The second-order valence-corrected chi connectivity index (χ2v) is 11.6. The fraction of sp³-hybridized carbons (Fsp3) is 0.462. The van der Waals surface area contributed by atoms with Crippen molar-refractivity contribution in [1.29, 1.82) is 0 Å². The van der Waals surface area contributed by atoms with Gasteiger partial charge in [0.25, 0.3) is 0 Å². The minimum atomic E-state index is -3.82. The molecular weight excluding hydrogens is 483 g/mol. The number of anilines is 1. The molecule has 10 heteroatoms. The zero-order valence-corrected chi connectivity index (χ0v) is 21.5. The van der Waals surface area contributed by atoms with Crippen LogP contribution in [-0.4, -0.2) is 67.8 Å². The first kappa shape index (κ1) is 26.1. The highest BCUT2D eigenvalue weighted by Gasteiger charge is 2.55. The summed E-state index contributed by atoms with van der Waals surface area (Å²) in [6.07, 6.45) is 1.52. The number of hydrogen-bond donors (Lipinski definition) is 1. The average Bonchev–Trinajstić information content (AvgIpc) is 3.14. The van der Waals surface area contributed by atoms with Gasteiger partial charge in [-0.15, -0.1) is 0 Å². The van der Waals surface area contributed by atoms with Crippen LogP contribution in [0.4, 0.5) is 10.1 Å². The van der Waals surface area contributed by atoms with Crippen molar-refractivity contribution in [3.8, 4) is 0 Å². The summed E-state index contributed by atoms with van der Waals surface area (Å²) in [5.41, 5.74) is -0.0872. The Morgan fingerprint density at radius 2 is 1.72 bits per heavy atom. The molecule has 36 heavy (non-hydrogen) atoms. The monoisotopic (exact) mass is 516 g/mol. The number of halogens is 1. The molecule has 2 heterocycles. The average molecular weight is 517 g/mol.